The third-order valence-corrected chi connectivity index (χ3v) is 2.43. The van der Waals surface area contributed by atoms with E-state index < -0.39 is 0 Å². The highest BCUT2D eigenvalue weighted by atomic mass is 16.5. The van der Waals surface area contributed by atoms with Gasteiger partial charge in [0.1, 0.15) is 0 Å². The standard InChI is InChI=1S/C9H18O2/c1-7(2)9-5-8(6-10)3-4-11-9/h7-10H,3-6H2,1-2H3/t8-,9-/m1/s1. The number of aliphatic hydroxyl groups excluding tert-OH is 1. The Hall–Kier alpha value is -0.0800. The topological polar surface area (TPSA) is 29.5 Å². The maximum Gasteiger partial charge on any atom is 0.0601 e. The van der Waals surface area contributed by atoms with Gasteiger partial charge in [-0.2, -0.15) is 0 Å². The first kappa shape index (κ1) is 9.01. The van der Waals surface area contributed by atoms with E-state index in [0.717, 1.165) is 19.4 Å². The van der Waals surface area contributed by atoms with Gasteiger partial charge in [-0.05, 0) is 24.7 Å². The maximum absolute atomic E-state index is 8.94. The minimum absolute atomic E-state index is 0.326. The summed E-state index contributed by atoms with van der Waals surface area (Å²) in [4.78, 5) is 0. The monoisotopic (exact) mass is 158 g/mol. The number of ether oxygens (including phenoxy) is 1. The number of aliphatic hydroxyl groups is 1. The van der Waals surface area contributed by atoms with E-state index in [4.69, 9.17) is 9.84 Å². The summed E-state index contributed by atoms with van der Waals surface area (Å²) in [7, 11) is 0. The maximum atomic E-state index is 8.94. The highest BCUT2D eigenvalue weighted by Crippen LogP contribution is 2.24. The van der Waals surface area contributed by atoms with Crippen LogP contribution in [0, 0.1) is 11.8 Å². The molecule has 0 aliphatic carbocycles. The Bertz CT molecular complexity index is 112. The summed E-state index contributed by atoms with van der Waals surface area (Å²) in [5, 5.41) is 8.94. The van der Waals surface area contributed by atoms with Crippen molar-refractivity contribution in [2.24, 2.45) is 11.8 Å². The van der Waals surface area contributed by atoms with Crippen molar-refractivity contribution in [1.29, 1.82) is 0 Å². The van der Waals surface area contributed by atoms with Crippen LogP contribution in [-0.2, 0) is 4.74 Å². The number of rotatable bonds is 2. The number of hydrogen-bond donors (Lipinski definition) is 1. The normalized spacial score (nSPS) is 32.7. The molecule has 66 valence electrons. The van der Waals surface area contributed by atoms with Crippen molar-refractivity contribution >= 4 is 0 Å². The molecule has 0 amide bonds. The zero-order chi connectivity index (χ0) is 8.27. The van der Waals surface area contributed by atoms with Crippen molar-refractivity contribution < 1.29 is 9.84 Å². The predicted octanol–water partition coefficient (Wildman–Crippen LogP) is 1.43. The van der Waals surface area contributed by atoms with Gasteiger partial charge in [0.05, 0.1) is 6.10 Å². The van der Waals surface area contributed by atoms with E-state index in [1.54, 1.807) is 0 Å². The lowest BCUT2D eigenvalue weighted by Gasteiger charge is -2.30. The second-order valence-corrected chi connectivity index (χ2v) is 3.73. The first-order valence-electron chi connectivity index (χ1n) is 4.46. The largest absolute Gasteiger partial charge is 0.396 e. The second kappa shape index (κ2) is 4.07. The number of hydrogen-bond acceptors (Lipinski definition) is 2. The van der Waals surface area contributed by atoms with Crippen LogP contribution in [0.2, 0.25) is 0 Å². The summed E-state index contributed by atoms with van der Waals surface area (Å²) in [6.45, 7) is 5.50. The van der Waals surface area contributed by atoms with Crippen LogP contribution in [0.1, 0.15) is 26.7 Å². The lowest BCUT2D eigenvalue weighted by atomic mass is 9.91. The molecular weight excluding hydrogens is 140 g/mol. The second-order valence-electron chi connectivity index (χ2n) is 3.73. The minimum Gasteiger partial charge on any atom is -0.396 e. The summed E-state index contributed by atoms with van der Waals surface area (Å²) >= 11 is 0. The van der Waals surface area contributed by atoms with Gasteiger partial charge in [-0.25, -0.2) is 0 Å². The Morgan fingerprint density at radius 3 is 2.82 bits per heavy atom. The Kier molecular flexibility index (Phi) is 3.34. The van der Waals surface area contributed by atoms with Crippen LogP contribution in [-0.4, -0.2) is 24.4 Å². The molecule has 0 bridgehead atoms. The molecule has 1 aliphatic heterocycles. The van der Waals surface area contributed by atoms with E-state index >= 15 is 0 Å². The average molecular weight is 158 g/mol. The van der Waals surface area contributed by atoms with Crippen molar-refractivity contribution in [3.8, 4) is 0 Å². The fourth-order valence-electron chi connectivity index (χ4n) is 1.53. The quantitative estimate of drug-likeness (QED) is 0.658. The third-order valence-electron chi connectivity index (χ3n) is 2.43. The van der Waals surface area contributed by atoms with Gasteiger partial charge in [-0.1, -0.05) is 13.8 Å². The molecule has 2 atom stereocenters. The van der Waals surface area contributed by atoms with Crippen molar-refractivity contribution in [2.45, 2.75) is 32.8 Å². The summed E-state index contributed by atoms with van der Waals surface area (Å²) in [6.07, 6.45) is 2.44. The predicted molar refractivity (Wildman–Crippen MR) is 44.4 cm³/mol. The molecule has 0 aromatic carbocycles. The summed E-state index contributed by atoms with van der Waals surface area (Å²) in [5.41, 5.74) is 0. The molecule has 1 heterocycles. The molecule has 0 radical (unpaired) electrons. The van der Waals surface area contributed by atoms with Crippen LogP contribution in [0.25, 0.3) is 0 Å². The van der Waals surface area contributed by atoms with Crippen LogP contribution in [0.15, 0.2) is 0 Å². The Balaban J connectivity index is 2.33. The van der Waals surface area contributed by atoms with Gasteiger partial charge in [-0.3, -0.25) is 0 Å². The van der Waals surface area contributed by atoms with Gasteiger partial charge in [0.25, 0.3) is 0 Å². The smallest absolute Gasteiger partial charge is 0.0601 e. The molecule has 2 heteroatoms. The molecule has 11 heavy (non-hydrogen) atoms. The molecule has 0 unspecified atom stereocenters. The van der Waals surface area contributed by atoms with Gasteiger partial charge in [0.15, 0.2) is 0 Å². The first-order valence-corrected chi connectivity index (χ1v) is 4.46. The molecule has 2 nitrogen and oxygen atoms in total. The van der Waals surface area contributed by atoms with Crippen molar-refractivity contribution in [2.75, 3.05) is 13.2 Å². The SMILES string of the molecule is CC(C)[C@H]1C[C@H](CO)CCO1. The lowest BCUT2D eigenvalue weighted by Crippen LogP contribution is -2.31. The van der Waals surface area contributed by atoms with Crippen LogP contribution >= 0.6 is 0 Å². The Morgan fingerprint density at radius 2 is 2.27 bits per heavy atom. The molecule has 0 saturated carbocycles. The molecule has 1 fully saturated rings. The van der Waals surface area contributed by atoms with Crippen LogP contribution in [0.3, 0.4) is 0 Å². The van der Waals surface area contributed by atoms with Crippen molar-refractivity contribution in [1.82, 2.24) is 0 Å². The van der Waals surface area contributed by atoms with E-state index in [0.29, 0.717) is 24.5 Å². The van der Waals surface area contributed by atoms with Crippen LogP contribution < -0.4 is 0 Å². The third kappa shape index (κ3) is 2.46. The molecule has 0 aromatic rings. The highest BCUT2D eigenvalue weighted by Gasteiger charge is 2.23. The molecule has 0 aromatic heterocycles. The highest BCUT2D eigenvalue weighted by molar-refractivity contribution is 4.73. The van der Waals surface area contributed by atoms with Crippen LogP contribution in [0.5, 0.6) is 0 Å². The zero-order valence-corrected chi connectivity index (χ0v) is 7.42. The zero-order valence-electron chi connectivity index (χ0n) is 7.42. The molecular formula is C9H18O2. The molecule has 1 aliphatic rings. The fraction of sp³-hybridized carbons (Fsp3) is 1.00. The van der Waals surface area contributed by atoms with Crippen molar-refractivity contribution in [3.05, 3.63) is 0 Å². The molecule has 0 spiro atoms. The Labute approximate surface area is 68.6 Å². The van der Waals surface area contributed by atoms with Crippen molar-refractivity contribution in [3.63, 3.8) is 0 Å². The van der Waals surface area contributed by atoms with Gasteiger partial charge in [0.2, 0.25) is 0 Å². The summed E-state index contributed by atoms with van der Waals surface area (Å²) in [6, 6.07) is 0. The van der Waals surface area contributed by atoms with E-state index in [1.807, 2.05) is 0 Å². The minimum atomic E-state index is 0.326. The fourth-order valence-corrected chi connectivity index (χ4v) is 1.53. The Morgan fingerprint density at radius 1 is 1.55 bits per heavy atom. The van der Waals surface area contributed by atoms with Gasteiger partial charge in [0, 0.05) is 13.2 Å². The van der Waals surface area contributed by atoms with Gasteiger partial charge >= 0.3 is 0 Å². The average Bonchev–Trinajstić information content (AvgIpc) is 2.05. The lowest BCUT2D eigenvalue weighted by molar-refractivity contribution is -0.0438. The van der Waals surface area contributed by atoms with E-state index in [1.165, 1.54) is 0 Å². The van der Waals surface area contributed by atoms with Gasteiger partial charge < -0.3 is 9.84 Å². The molecule has 1 saturated heterocycles. The van der Waals surface area contributed by atoms with Gasteiger partial charge in [-0.15, -0.1) is 0 Å². The van der Waals surface area contributed by atoms with Crippen LogP contribution in [0.4, 0.5) is 0 Å². The molecule has 1 rings (SSSR count). The van der Waals surface area contributed by atoms with E-state index in [-0.39, 0.29) is 0 Å². The summed E-state index contributed by atoms with van der Waals surface area (Å²) < 4.78 is 5.56. The first-order chi connectivity index (χ1) is 5.24. The summed E-state index contributed by atoms with van der Waals surface area (Å²) in [5.74, 6) is 1.07. The van der Waals surface area contributed by atoms with E-state index in [2.05, 4.69) is 13.8 Å². The van der Waals surface area contributed by atoms with E-state index in [9.17, 15) is 0 Å². The molecule has 1 N–H and O–H groups in total.